The number of nitrogens with zero attached hydrogens (tertiary/aromatic N) is 3. The minimum atomic E-state index is -0.510. The Bertz CT molecular complexity index is 1550. The van der Waals surface area contributed by atoms with E-state index in [1.807, 2.05) is 61.7 Å². The van der Waals surface area contributed by atoms with Crippen LogP contribution < -0.4 is 14.8 Å². The lowest BCUT2D eigenvalue weighted by atomic mass is 10.0. The van der Waals surface area contributed by atoms with Crippen LogP contribution in [0.2, 0.25) is 0 Å². The lowest BCUT2D eigenvalue weighted by molar-refractivity contribution is 0.0881. The Morgan fingerprint density at radius 3 is 2.62 bits per heavy atom. The number of halogens is 1. The summed E-state index contributed by atoms with van der Waals surface area (Å²) in [5, 5.41) is 10.6. The fraction of sp³-hybridized carbons (Fsp3) is 0.179. The Morgan fingerprint density at radius 1 is 1.08 bits per heavy atom. The second-order valence-corrected chi connectivity index (χ2v) is 9.48. The Balaban J connectivity index is 1.44. The highest BCUT2D eigenvalue weighted by Crippen LogP contribution is 2.30. The molecule has 188 valence electrons. The van der Waals surface area contributed by atoms with Gasteiger partial charge in [0.1, 0.15) is 23.4 Å². The number of carbonyl (C=O) groups is 1. The molecule has 2 atom stereocenters. The van der Waals surface area contributed by atoms with Gasteiger partial charge in [-0.05, 0) is 74.0 Å². The number of benzene rings is 3. The molecular formula is C28H25FN4O3S. The lowest BCUT2D eigenvalue weighted by Gasteiger charge is -2.26. The maximum Gasteiger partial charge on any atom is 0.280 e. The third-order valence-corrected chi connectivity index (χ3v) is 6.88. The maximum absolute atomic E-state index is 13.4. The minimum absolute atomic E-state index is 0.252. The Kier molecular flexibility index (Phi) is 6.87. The van der Waals surface area contributed by atoms with Crippen LogP contribution in [0.5, 0.6) is 11.5 Å². The highest BCUT2D eigenvalue weighted by atomic mass is 32.1. The Morgan fingerprint density at radius 2 is 1.89 bits per heavy atom. The Hall–Kier alpha value is -4.24. The predicted octanol–water partition coefficient (Wildman–Crippen LogP) is 5.88. The average Bonchev–Trinajstić information content (AvgIpc) is 3.54. The molecular weight excluding hydrogens is 491 g/mol. The van der Waals surface area contributed by atoms with Crippen molar-refractivity contribution in [2.75, 3.05) is 7.11 Å². The van der Waals surface area contributed by atoms with Gasteiger partial charge in [0.15, 0.2) is 5.01 Å². The van der Waals surface area contributed by atoms with Crippen LogP contribution in [0.1, 0.15) is 34.1 Å². The topological polar surface area (TPSA) is 78.3 Å². The molecule has 0 unspecified atom stereocenters. The van der Waals surface area contributed by atoms with Crippen molar-refractivity contribution in [2.24, 2.45) is 0 Å². The molecule has 2 aromatic heterocycles. The number of methoxy groups -OCH3 is 1. The number of fused-ring (bicyclic) bond motifs is 1. The van der Waals surface area contributed by atoms with Gasteiger partial charge in [-0.25, -0.2) is 14.1 Å². The number of hydrogen-bond acceptors (Lipinski definition) is 6. The fourth-order valence-corrected chi connectivity index (χ4v) is 4.80. The van der Waals surface area contributed by atoms with E-state index in [4.69, 9.17) is 9.47 Å². The number of nitrogens with one attached hydrogen (secondary N) is 1. The smallest absolute Gasteiger partial charge is 0.280 e. The first-order valence-corrected chi connectivity index (χ1v) is 12.6. The van der Waals surface area contributed by atoms with Gasteiger partial charge in [-0.15, -0.1) is 11.3 Å². The second-order valence-electron chi connectivity index (χ2n) is 8.62. The van der Waals surface area contributed by atoms with Crippen molar-refractivity contribution in [1.82, 2.24) is 20.1 Å². The van der Waals surface area contributed by atoms with E-state index in [-0.39, 0.29) is 17.8 Å². The SMILES string of the molecule is COc1cccc([C@H](Oc2ccc3c(cnn3-c3ccc(F)cc3)c2)[C@H](C)NC(=O)c2nc(C)cs2)c1. The molecule has 0 bridgehead atoms. The van der Waals surface area contributed by atoms with E-state index in [1.165, 1.54) is 23.5 Å². The molecule has 1 amide bonds. The molecule has 0 aliphatic rings. The van der Waals surface area contributed by atoms with Crippen molar-refractivity contribution in [3.63, 3.8) is 0 Å². The van der Waals surface area contributed by atoms with E-state index in [9.17, 15) is 9.18 Å². The molecule has 9 heteroatoms. The van der Waals surface area contributed by atoms with Gasteiger partial charge in [-0.2, -0.15) is 5.10 Å². The number of ether oxygens (including phenoxy) is 2. The summed E-state index contributed by atoms with van der Waals surface area (Å²) < 4.78 is 27.0. The molecule has 0 saturated heterocycles. The van der Waals surface area contributed by atoms with E-state index in [2.05, 4.69) is 15.4 Å². The van der Waals surface area contributed by atoms with E-state index >= 15 is 0 Å². The summed E-state index contributed by atoms with van der Waals surface area (Å²) in [6, 6.07) is 19.0. The predicted molar refractivity (Wildman–Crippen MR) is 141 cm³/mol. The highest BCUT2D eigenvalue weighted by Gasteiger charge is 2.25. The molecule has 2 heterocycles. The van der Waals surface area contributed by atoms with Crippen LogP contribution in [0.4, 0.5) is 4.39 Å². The number of aromatic nitrogens is 3. The molecule has 5 rings (SSSR count). The second kappa shape index (κ2) is 10.4. The molecule has 0 radical (unpaired) electrons. The van der Waals surface area contributed by atoms with Crippen molar-refractivity contribution in [1.29, 1.82) is 0 Å². The molecule has 1 N–H and O–H groups in total. The summed E-state index contributed by atoms with van der Waals surface area (Å²) in [7, 11) is 1.61. The van der Waals surface area contributed by atoms with Crippen LogP contribution in [0.3, 0.4) is 0 Å². The van der Waals surface area contributed by atoms with Crippen LogP contribution >= 0.6 is 11.3 Å². The molecule has 0 spiro atoms. The molecule has 0 fully saturated rings. The zero-order valence-electron chi connectivity index (χ0n) is 20.5. The Labute approximate surface area is 217 Å². The van der Waals surface area contributed by atoms with E-state index < -0.39 is 6.10 Å². The van der Waals surface area contributed by atoms with Crippen molar-refractivity contribution in [3.05, 3.63) is 100 Å². The summed E-state index contributed by atoms with van der Waals surface area (Å²) in [5.74, 6) is 0.755. The van der Waals surface area contributed by atoms with Gasteiger partial charge in [-0.1, -0.05) is 12.1 Å². The largest absolute Gasteiger partial charge is 0.497 e. The average molecular weight is 517 g/mol. The van der Waals surface area contributed by atoms with Crippen LogP contribution in [-0.2, 0) is 0 Å². The van der Waals surface area contributed by atoms with Gasteiger partial charge in [0.05, 0.1) is 30.6 Å². The molecule has 37 heavy (non-hydrogen) atoms. The normalized spacial score (nSPS) is 12.8. The molecule has 0 aliphatic heterocycles. The lowest BCUT2D eigenvalue weighted by Crippen LogP contribution is -2.39. The first-order valence-electron chi connectivity index (χ1n) is 11.7. The number of rotatable bonds is 8. The van der Waals surface area contributed by atoms with Gasteiger partial charge >= 0.3 is 0 Å². The van der Waals surface area contributed by atoms with Crippen molar-refractivity contribution in [3.8, 4) is 17.2 Å². The monoisotopic (exact) mass is 516 g/mol. The van der Waals surface area contributed by atoms with E-state index in [0.29, 0.717) is 16.5 Å². The van der Waals surface area contributed by atoms with E-state index in [1.54, 1.807) is 30.1 Å². The summed E-state index contributed by atoms with van der Waals surface area (Å²) in [5.41, 5.74) is 3.27. The fourth-order valence-electron chi connectivity index (χ4n) is 4.10. The molecule has 7 nitrogen and oxygen atoms in total. The third-order valence-electron chi connectivity index (χ3n) is 5.92. The molecule has 0 saturated carbocycles. The van der Waals surface area contributed by atoms with Gasteiger partial charge in [0.2, 0.25) is 0 Å². The first-order chi connectivity index (χ1) is 17.9. The standard InChI is InChI=1S/C28H25FN4O3S/c1-17-16-37-28(31-17)27(34)32-18(2)26(19-5-4-6-23(13-19)35-3)36-24-11-12-25-20(14-24)15-30-33(25)22-9-7-21(29)8-10-22/h4-16,18,26H,1-3H3,(H,32,34)/t18-,26+/m0/s1. The van der Waals surface area contributed by atoms with Crippen LogP contribution in [0.15, 0.2) is 78.3 Å². The van der Waals surface area contributed by atoms with Crippen molar-refractivity contribution in [2.45, 2.75) is 26.0 Å². The van der Waals surface area contributed by atoms with Crippen LogP contribution in [0.25, 0.3) is 16.6 Å². The first kappa shape index (κ1) is 24.5. The quantitative estimate of drug-likeness (QED) is 0.279. The van der Waals surface area contributed by atoms with Gasteiger partial charge in [-0.3, -0.25) is 4.79 Å². The van der Waals surface area contributed by atoms with Crippen molar-refractivity contribution >= 4 is 28.1 Å². The summed E-state index contributed by atoms with van der Waals surface area (Å²) in [6.45, 7) is 3.75. The van der Waals surface area contributed by atoms with Gasteiger partial charge in [0.25, 0.3) is 5.91 Å². The van der Waals surface area contributed by atoms with Gasteiger partial charge < -0.3 is 14.8 Å². The summed E-state index contributed by atoms with van der Waals surface area (Å²) in [6.07, 6.45) is 1.23. The summed E-state index contributed by atoms with van der Waals surface area (Å²) >= 11 is 1.31. The van der Waals surface area contributed by atoms with Gasteiger partial charge in [0, 0.05) is 16.5 Å². The number of aryl methyl sites for hydroxylation is 1. The van der Waals surface area contributed by atoms with Crippen LogP contribution in [0, 0.1) is 12.7 Å². The zero-order chi connectivity index (χ0) is 25.9. The molecule has 3 aromatic carbocycles. The van der Waals surface area contributed by atoms with Crippen molar-refractivity contribution < 1.29 is 18.7 Å². The maximum atomic E-state index is 13.4. The highest BCUT2D eigenvalue weighted by molar-refractivity contribution is 7.11. The molecule has 0 aliphatic carbocycles. The number of thiazole rings is 1. The minimum Gasteiger partial charge on any atom is -0.497 e. The van der Waals surface area contributed by atoms with E-state index in [0.717, 1.165) is 27.8 Å². The number of hydrogen-bond donors (Lipinski definition) is 1. The third kappa shape index (κ3) is 5.31. The summed E-state index contributed by atoms with van der Waals surface area (Å²) in [4.78, 5) is 17.1. The molecule has 5 aromatic rings. The number of carbonyl (C=O) groups excluding carboxylic acids is 1. The van der Waals surface area contributed by atoms with Crippen LogP contribution in [-0.4, -0.2) is 33.8 Å². The zero-order valence-corrected chi connectivity index (χ0v) is 21.3. The number of amides is 1.